The average molecular weight is 373 g/mol. The highest BCUT2D eigenvalue weighted by Crippen LogP contribution is 2.25. The maximum absolute atomic E-state index is 11.9. The first-order valence-electron chi connectivity index (χ1n) is 7.50. The Morgan fingerprint density at radius 2 is 1.76 bits per heavy atom. The van der Waals surface area contributed by atoms with E-state index >= 15 is 0 Å². The zero-order valence-electron chi connectivity index (χ0n) is 13.3. The van der Waals surface area contributed by atoms with Gasteiger partial charge >= 0.3 is 6.09 Å². The molecular formula is C19H14Cl2N2O2. The van der Waals surface area contributed by atoms with Gasteiger partial charge in [0.1, 0.15) is 0 Å². The third-order valence-electron chi connectivity index (χ3n) is 3.61. The second kappa shape index (κ2) is 7.55. The smallest absolute Gasteiger partial charge is 0.298 e. The Kier molecular flexibility index (Phi) is 5.22. The molecule has 0 aliphatic heterocycles. The van der Waals surface area contributed by atoms with E-state index in [-0.39, 0.29) is 0 Å². The van der Waals surface area contributed by atoms with E-state index in [2.05, 4.69) is 10.5 Å². The molecule has 0 saturated carbocycles. The molecule has 0 radical (unpaired) electrons. The van der Waals surface area contributed by atoms with Crippen molar-refractivity contribution in [3.8, 4) is 0 Å². The van der Waals surface area contributed by atoms with Gasteiger partial charge in [-0.3, -0.25) is 10.2 Å². The lowest BCUT2D eigenvalue weighted by Gasteiger charge is -2.07. The summed E-state index contributed by atoms with van der Waals surface area (Å²) in [5.74, 6) is 0. The summed E-state index contributed by atoms with van der Waals surface area (Å²) in [6, 6.07) is 18.6. The minimum atomic E-state index is -0.710. The van der Waals surface area contributed by atoms with Crippen molar-refractivity contribution < 1.29 is 9.63 Å². The van der Waals surface area contributed by atoms with Crippen molar-refractivity contribution in [2.45, 2.75) is 6.92 Å². The van der Waals surface area contributed by atoms with Crippen LogP contribution < -0.4 is 5.32 Å². The van der Waals surface area contributed by atoms with Crippen molar-refractivity contribution >= 4 is 51.5 Å². The first-order chi connectivity index (χ1) is 12.0. The van der Waals surface area contributed by atoms with Gasteiger partial charge in [0.05, 0.1) is 15.8 Å². The zero-order valence-corrected chi connectivity index (χ0v) is 14.8. The van der Waals surface area contributed by atoms with Crippen molar-refractivity contribution in [1.29, 1.82) is 0 Å². The first-order valence-corrected chi connectivity index (χ1v) is 8.26. The Morgan fingerprint density at radius 3 is 2.56 bits per heavy atom. The number of carbonyl (C=O) groups is 1. The van der Waals surface area contributed by atoms with E-state index < -0.39 is 6.09 Å². The Hall–Kier alpha value is -2.56. The Morgan fingerprint density at radius 1 is 1.00 bits per heavy atom. The number of hydrogen-bond donors (Lipinski definition) is 1. The molecule has 0 saturated heterocycles. The highest BCUT2D eigenvalue weighted by atomic mass is 35.5. The Balaban J connectivity index is 1.74. The van der Waals surface area contributed by atoms with E-state index in [1.807, 2.05) is 42.5 Å². The van der Waals surface area contributed by atoms with Crippen molar-refractivity contribution in [2.24, 2.45) is 5.16 Å². The molecule has 3 aromatic carbocycles. The van der Waals surface area contributed by atoms with Crippen LogP contribution >= 0.6 is 23.2 Å². The standard InChI is InChI=1S/C19H14Cl2N2O2/c1-12(15-8-4-6-13-5-2-3-7-16(13)15)23-25-19(24)22-14-9-10-17(20)18(21)11-14/h2-11H,1H3,(H,22,24)/b23-12+. The average Bonchev–Trinajstić information content (AvgIpc) is 2.62. The molecule has 1 amide bonds. The summed E-state index contributed by atoms with van der Waals surface area (Å²) < 4.78 is 0. The number of oxime groups is 1. The molecule has 1 N–H and O–H groups in total. The molecule has 0 aliphatic rings. The molecule has 0 fully saturated rings. The number of benzene rings is 3. The number of nitrogens with one attached hydrogen (secondary N) is 1. The van der Waals surface area contributed by atoms with Crippen molar-refractivity contribution in [3.63, 3.8) is 0 Å². The maximum atomic E-state index is 11.9. The minimum Gasteiger partial charge on any atom is -0.298 e. The Bertz CT molecular complexity index is 965. The summed E-state index contributed by atoms with van der Waals surface area (Å²) in [6.07, 6.45) is -0.710. The normalized spacial score (nSPS) is 11.4. The molecular weight excluding hydrogens is 359 g/mol. The van der Waals surface area contributed by atoms with Gasteiger partial charge in [0.25, 0.3) is 0 Å². The zero-order chi connectivity index (χ0) is 17.8. The van der Waals surface area contributed by atoms with Gasteiger partial charge in [-0.25, -0.2) is 4.79 Å². The molecule has 0 aromatic heterocycles. The summed E-state index contributed by atoms with van der Waals surface area (Å²) >= 11 is 11.7. The maximum Gasteiger partial charge on any atom is 0.437 e. The molecule has 0 spiro atoms. The van der Waals surface area contributed by atoms with Crippen LogP contribution in [0.5, 0.6) is 0 Å². The predicted molar refractivity (Wildman–Crippen MR) is 103 cm³/mol. The van der Waals surface area contributed by atoms with Gasteiger partial charge in [-0.2, -0.15) is 0 Å². The number of hydrogen-bond acceptors (Lipinski definition) is 3. The topological polar surface area (TPSA) is 50.7 Å². The van der Waals surface area contributed by atoms with E-state index in [0.29, 0.717) is 21.4 Å². The number of rotatable bonds is 3. The van der Waals surface area contributed by atoms with Gasteiger partial charge in [0, 0.05) is 11.3 Å². The van der Waals surface area contributed by atoms with Crippen LogP contribution in [-0.2, 0) is 4.84 Å². The van der Waals surface area contributed by atoms with Gasteiger partial charge in [-0.15, -0.1) is 0 Å². The SMILES string of the molecule is C/C(=N\OC(=O)Nc1ccc(Cl)c(Cl)c1)c1cccc2ccccc12. The van der Waals surface area contributed by atoms with Crippen molar-refractivity contribution in [3.05, 3.63) is 76.3 Å². The summed E-state index contributed by atoms with van der Waals surface area (Å²) in [7, 11) is 0. The lowest BCUT2D eigenvalue weighted by atomic mass is 10.0. The number of fused-ring (bicyclic) bond motifs is 1. The van der Waals surface area contributed by atoms with Crippen LogP contribution in [0.2, 0.25) is 10.0 Å². The fraction of sp³-hybridized carbons (Fsp3) is 0.0526. The third kappa shape index (κ3) is 4.10. The molecule has 25 heavy (non-hydrogen) atoms. The molecule has 3 rings (SSSR count). The quantitative estimate of drug-likeness (QED) is 0.342. The minimum absolute atomic E-state index is 0.343. The van der Waals surface area contributed by atoms with E-state index in [0.717, 1.165) is 16.3 Å². The molecule has 3 aromatic rings. The van der Waals surface area contributed by atoms with Crippen LogP contribution in [0.3, 0.4) is 0 Å². The van der Waals surface area contributed by atoms with Gasteiger partial charge in [0.2, 0.25) is 0 Å². The van der Waals surface area contributed by atoms with E-state index in [9.17, 15) is 4.79 Å². The molecule has 6 heteroatoms. The lowest BCUT2D eigenvalue weighted by molar-refractivity contribution is 0.166. The predicted octanol–water partition coefficient (Wildman–Crippen LogP) is 6.12. The van der Waals surface area contributed by atoms with Crippen LogP contribution in [0, 0.1) is 0 Å². The first kappa shape index (κ1) is 17.3. The number of nitrogens with zero attached hydrogens (tertiary/aromatic N) is 1. The number of amides is 1. The molecule has 0 atom stereocenters. The van der Waals surface area contributed by atoms with E-state index in [1.54, 1.807) is 19.1 Å². The van der Waals surface area contributed by atoms with Gasteiger partial charge in [-0.1, -0.05) is 70.8 Å². The van der Waals surface area contributed by atoms with Crippen molar-refractivity contribution in [2.75, 3.05) is 5.32 Å². The van der Waals surface area contributed by atoms with Crippen LogP contribution in [-0.4, -0.2) is 11.8 Å². The van der Waals surface area contributed by atoms with Gasteiger partial charge in [-0.05, 0) is 35.9 Å². The van der Waals surface area contributed by atoms with E-state index in [1.165, 1.54) is 6.07 Å². The summed E-state index contributed by atoms with van der Waals surface area (Å²) in [4.78, 5) is 16.8. The van der Waals surface area contributed by atoms with Crippen LogP contribution in [0.1, 0.15) is 12.5 Å². The number of halogens is 2. The monoisotopic (exact) mass is 372 g/mol. The fourth-order valence-electron chi connectivity index (χ4n) is 2.41. The number of carbonyl (C=O) groups excluding carboxylic acids is 1. The van der Waals surface area contributed by atoms with Gasteiger partial charge in [0.15, 0.2) is 0 Å². The van der Waals surface area contributed by atoms with Crippen LogP contribution in [0.25, 0.3) is 10.8 Å². The molecule has 0 aliphatic carbocycles. The number of anilines is 1. The highest BCUT2D eigenvalue weighted by Gasteiger charge is 2.08. The summed E-state index contributed by atoms with van der Waals surface area (Å²) in [5, 5.41) is 9.35. The van der Waals surface area contributed by atoms with Crippen LogP contribution in [0.4, 0.5) is 10.5 Å². The fourth-order valence-corrected chi connectivity index (χ4v) is 2.71. The second-order valence-corrected chi connectivity index (χ2v) is 6.15. The summed E-state index contributed by atoms with van der Waals surface area (Å²) in [5.41, 5.74) is 1.97. The molecule has 0 bridgehead atoms. The lowest BCUT2D eigenvalue weighted by Crippen LogP contribution is -2.12. The molecule has 0 heterocycles. The second-order valence-electron chi connectivity index (χ2n) is 5.34. The largest absolute Gasteiger partial charge is 0.437 e. The van der Waals surface area contributed by atoms with Crippen molar-refractivity contribution in [1.82, 2.24) is 0 Å². The third-order valence-corrected chi connectivity index (χ3v) is 4.35. The molecule has 126 valence electrons. The van der Waals surface area contributed by atoms with E-state index in [4.69, 9.17) is 28.0 Å². The van der Waals surface area contributed by atoms with Crippen LogP contribution in [0.15, 0.2) is 65.8 Å². The summed E-state index contributed by atoms with van der Waals surface area (Å²) in [6.45, 7) is 1.79. The molecule has 4 nitrogen and oxygen atoms in total. The Labute approximate surface area is 155 Å². The van der Waals surface area contributed by atoms with Gasteiger partial charge < -0.3 is 0 Å². The molecule has 0 unspecified atom stereocenters. The highest BCUT2D eigenvalue weighted by molar-refractivity contribution is 6.42.